The van der Waals surface area contributed by atoms with Crippen molar-refractivity contribution >= 4 is 17.9 Å². The van der Waals surface area contributed by atoms with Gasteiger partial charge in [-0.3, -0.25) is 9.79 Å². The van der Waals surface area contributed by atoms with Crippen molar-refractivity contribution in [3.05, 3.63) is 42.1 Å². The second kappa shape index (κ2) is 9.20. The Bertz CT molecular complexity index is 572. The van der Waals surface area contributed by atoms with Gasteiger partial charge in [0.1, 0.15) is 5.84 Å². The van der Waals surface area contributed by atoms with E-state index in [4.69, 9.17) is 5.73 Å². The summed E-state index contributed by atoms with van der Waals surface area (Å²) >= 11 is 0. The summed E-state index contributed by atoms with van der Waals surface area (Å²) < 4.78 is 0. The molecule has 0 saturated carbocycles. The lowest BCUT2D eigenvalue weighted by molar-refractivity contribution is -0.108. The number of carbonyl (C=O) groups is 1. The average Bonchev–Trinajstić information content (AvgIpc) is 2.91. The first-order valence-electron chi connectivity index (χ1n) is 8.29. The van der Waals surface area contributed by atoms with Crippen molar-refractivity contribution in [1.82, 2.24) is 10.2 Å². The van der Waals surface area contributed by atoms with Crippen molar-refractivity contribution in [1.29, 1.82) is 0 Å². The van der Waals surface area contributed by atoms with Crippen molar-refractivity contribution in [2.45, 2.75) is 19.4 Å². The summed E-state index contributed by atoms with van der Waals surface area (Å²) in [4.78, 5) is 16.8. The second-order valence-electron chi connectivity index (χ2n) is 6.20. The van der Waals surface area contributed by atoms with Gasteiger partial charge in [0.2, 0.25) is 6.41 Å². The molecule has 4 N–H and O–H groups in total. The van der Waals surface area contributed by atoms with Gasteiger partial charge in [-0.25, -0.2) is 0 Å². The van der Waals surface area contributed by atoms with Crippen LogP contribution in [0, 0.1) is 5.92 Å². The number of benzene rings is 1. The van der Waals surface area contributed by atoms with Gasteiger partial charge in [0, 0.05) is 44.6 Å². The number of amidine groups is 1. The lowest BCUT2D eigenvalue weighted by Crippen LogP contribution is -2.29. The van der Waals surface area contributed by atoms with Gasteiger partial charge in [-0.1, -0.05) is 19.1 Å². The van der Waals surface area contributed by atoms with Crippen molar-refractivity contribution in [3.63, 3.8) is 0 Å². The maximum absolute atomic E-state index is 10.2. The van der Waals surface area contributed by atoms with Gasteiger partial charge >= 0.3 is 0 Å². The molecule has 1 fully saturated rings. The molecule has 1 aliphatic heterocycles. The molecule has 6 nitrogen and oxygen atoms in total. The van der Waals surface area contributed by atoms with Crippen LogP contribution in [-0.4, -0.2) is 49.9 Å². The van der Waals surface area contributed by atoms with E-state index in [1.807, 2.05) is 12.1 Å². The Morgan fingerprint density at radius 1 is 1.38 bits per heavy atom. The molecule has 1 aromatic carbocycles. The van der Waals surface area contributed by atoms with Gasteiger partial charge < -0.3 is 21.3 Å². The zero-order valence-corrected chi connectivity index (χ0v) is 14.4. The lowest BCUT2D eigenvalue weighted by atomic mass is 10.1. The van der Waals surface area contributed by atoms with E-state index in [0.717, 1.165) is 31.7 Å². The summed E-state index contributed by atoms with van der Waals surface area (Å²) in [5, 5.41) is 5.67. The molecule has 0 aliphatic carbocycles. The van der Waals surface area contributed by atoms with Crippen LogP contribution in [0.15, 0.2) is 41.5 Å². The summed E-state index contributed by atoms with van der Waals surface area (Å²) in [6, 6.07) is 8.65. The number of likely N-dealkylation sites (tertiary alicyclic amines) is 1. The van der Waals surface area contributed by atoms with Crippen molar-refractivity contribution < 1.29 is 4.79 Å². The van der Waals surface area contributed by atoms with Crippen molar-refractivity contribution in [3.8, 4) is 0 Å². The van der Waals surface area contributed by atoms with Crippen LogP contribution in [0.4, 0.5) is 5.69 Å². The smallest absolute Gasteiger partial charge is 0.211 e. The summed E-state index contributed by atoms with van der Waals surface area (Å²) in [5.74, 6) is 1.27. The van der Waals surface area contributed by atoms with Gasteiger partial charge in [-0.2, -0.15) is 0 Å². The number of nitrogens with zero attached hydrogens (tertiary/aromatic N) is 2. The Labute approximate surface area is 143 Å². The maximum Gasteiger partial charge on any atom is 0.211 e. The van der Waals surface area contributed by atoms with Gasteiger partial charge in [-0.05, 0) is 36.1 Å². The molecule has 1 amide bonds. The zero-order chi connectivity index (χ0) is 17.4. The third-order valence-corrected chi connectivity index (χ3v) is 4.34. The van der Waals surface area contributed by atoms with Crippen LogP contribution in [0.3, 0.4) is 0 Å². The molecule has 2 atom stereocenters. The third kappa shape index (κ3) is 5.47. The molecule has 2 unspecified atom stereocenters. The van der Waals surface area contributed by atoms with E-state index in [9.17, 15) is 4.79 Å². The molecule has 130 valence electrons. The van der Waals surface area contributed by atoms with Crippen LogP contribution in [0.2, 0.25) is 0 Å². The molecule has 1 saturated heterocycles. The Morgan fingerprint density at radius 2 is 2.12 bits per heavy atom. The number of nitrogens with one attached hydrogen (secondary N) is 2. The summed E-state index contributed by atoms with van der Waals surface area (Å²) in [6.07, 6.45) is 4.89. The highest BCUT2D eigenvalue weighted by molar-refractivity contribution is 6.03. The minimum Gasteiger partial charge on any atom is -0.341 e. The van der Waals surface area contributed by atoms with Crippen LogP contribution < -0.4 is 16.4 Å². The van der Waals surface area contributed by atoms with Gasteiger partial charge in [0.25, 0.3) is 0 Å². The highest BCUT2D eigenvalue weighted by atomic mass is 16.1. The monoisotopic (exact) mass is 329 g/mol. The third-order valence-electron chi connectivity index (χ3n) is 4.34. The fraction of sp³-hybridized carbons (Fsp3) is 0.444. The molecule has 1 heterocycles. The van der Waals surface area contributed by atoms with Crippen molar-refractivity contribution in [2.75, 3.05) is 32.0 Å². The molecule has 0 spiro atoms. The van der Waals surface area contributed by atoms with Crippen LogP contribution in [0.1, 0.15) is 12.5 Å². The Balaban J connectivity index is 1.83. The first-order valence-corrected chi connectivity index (χ1v) is 8.29. The number of anilines is 1. The molecular weight excluding hydrogens is 302 g/mol. The molecule has 0 aromatic heterocycles. The van der Waals surface area contributed by atoms with E-state index in [1.165, 1.54) is 5.56 Å². The van der Waals surface area contributed by atoms with E-state index in [1.54, 1.807) is 19.3 Å². The summed E-state index contributed by atoms with van der Waals surface area (Å²) in [6.45, 7) is 5.36. The van der Waals surface area contributed by atoms with E-state index in [-0.39, 0.29) is 0 Å². The minimum atomic E-state index is 0.310. The molecule has 0 radical (unpaired) electrons. The molecule has 0 bridgehead atoms. The van der Waals surface area contributed by atoms with Gasteiger partial charge in [0.15, 0.2) is 0 Å². The van der Waals surface area contributed by atoms with Gasteiger partial charge in [-0.15, -0.1) is 0 Å². The van der Waals surface area contributed by atoms with Gasteiger partial charge in [0.05, 0.1) is 0 Å². The maximum atomic E-state index is 10.2. The quantitative estimate of drug-likeness (QED) is 0.399. The predicted octanol–water partition coefficient (Wildman–Crippen LogP) is 1.21. The SMILES string of the molecule is CN=C(/C=C\NC=O)Nc1ccc(CCN2CC(C)C(N)C2)cc1. The van der Waals surface area contributed by atoms with Crippen LogP contribution in [0.5, 0.6) is 0 Å². The topological polar surface area (TPSA) is 82.8 Å². The molecule has 24 heavy (non-hydrogen) atoms. The van der Waals surface area contributed by atoms with E-state index >= 15 is 0 Å². The highest BCUT2D eigenvalue weighted by Crippen LogP contribution is 2.16. The van der Waals surface area contributed by atoms with Crippen LogP contribution >= 0.6 is 0 Å². The molecular formula is C18H27N5O. The lowest BCUT2D eigenvalue weighted by Gasteiger charge is -2.15. The highest BCUT2D eigenvalue weighted by Gasteiger charge is 2.25. The normalized spacial score (nSPS) is 22.0. The first kappa shape index (κ1) is 18.2. The van der Waals surface area contributed by atoms with Crippen molar-refractivity contribution in [2.24, 2.45) is 16.6 Å². The number of aliphatic imine (C=N–C) groups is 1. The number of hydrogen-bond acceptors (Lipinski definition) is 4. The first-order chi connectivity index (χ1) is 11.6. The summed E-state index contributed by atoms with van der Waals surface area (Å²) in [5.41, 5.74) is 8.34. The predicted molar refractivity (Wildman–Crippen MR) is 99.0 cm³/mol. The Hall–Kier alpha value is -2.18. The average molecular weight is 329 g/mol. The Kier molecular flexibility index (Phi) is 6.96. The fourth-order valence-corrected chi connectivity index (χ4v) is 2.81. The second-order valence-corrected chi connectivity index (χ2v) is 6.20. The molecule has 1 aliphatic rings. The number of carbonyl (C=O) groups excluding carboxylic acids is 1. The molecule has 2 rings (SSSR count). The molecule has 1 aromatic rings. The minimum absolute atomic E-state index is 0.310. The standard InChI is InChI=1S/C18H27N5O/c1-14-11-23(12-17(14)19)10-8-15-3-5-16(6-4-15)22-18(20-2)7-9-21-13-24/h3-7,9,13-14,17H,8,10-12,19H2,1-2H3,(H,20,22)(H,21,24)/b9-7-. The van der Waals surface area contributed by atoms with E-state index < -0.39 is 0 Å². The Morgan fingerprint density at radius 3 is 2.71 bits per heavy atom. The number of amides is 1. The van der Waals surface area contributed by atoms with E-state index in [2.05, 4.69) is 39.6 Å². The fourth-order valence-electron chi connectivity index (χ4n) is 2.81. The molecule has 6 heteroatoms. The number of rotatable bonds is 7. The van der Waals surface area contributed by atoms with Crippen LogP contribution in [0.25, 0.3) is 0 Å². The number of hydrogen-bond donors (Lipinski definition) is 3. The van der Waals surface area contributed by atoms with E-state index in [0.29, 0.717) is 24.2 Å². The zero-order valence-electron chi connectivity index (χ0n) is 14.4. The van der Waals surface area contributed by atoms with Crippen LogP contribution in [-0.2, 0) is 11.2 Å². The number of nitrogens with two attached hydrogens (primary N) is 1. The largest absolute Gasteiger partial charge is 0.341 e. The summed E-state index contributed by atoms with van der Waals surface area (Å²) in [7, 11) is 1.70.